The smallest absolute Gasteiger partial charge is 0.0585 e. The fourth-order valence-electron chi connectivity index (χ4n) is 0.648. The number of hydrogen-bond acceptors (Lipinski definition) is 2. The molecular formula is C8H5MnO2-. The molecule has 0 aliphatic rings. The van der Waals surface area contributed by atoms with Crippen molar-refractivity contribution in [1.29, 1.82) is 0 Å². The number of ketones is 1. The summed E-state index contributed by atoms with van der Waals surface area (Å²) in [6, 6.07) is 8.33. The van der Waals surface area contributed by atoms with Gasteiger partial charge >= 0.3 is 0 Å². The second kappa shape index (κ2) is 4.83. The number of hydrogen-bond donors (Lipinski definition) is 0. The van der Waals surface area contributed by atoms with Crippen LogP contribution in [-0.4, -0.2) is 12.1 Å². The summed E-state index contributed by atoms with van der Waals surface area (Å²) in [5.74, 6) is -0.597. The van der Waals surface area contributed by atoms with Gasteiger partial charge in [-0.1, -0.05) is 18.2 Å². The van der Waals surface area contributed by atoms with Crippen molar-refractivity contribution in [2.75, 3.05) is 0 Å². The van der Waals surface area contributed by atoms with E-state index in [1.807, 2.05) is 0 Å². The van der Waals surface area contributed by atoms with Crippen molar-refractivity contribution < 1.29 is 26.7 Å². The van der Waals surface area contributed by atoms with Crippen molar-refractivity contribution in [3.8, 4) is 0 Å². The topological polar surface area (TPSA) is 34.1 Å². The first-order valence-electron chi connectivity index (χ1n) is 2.82. The summed E-state index contributed by atoms with van der Waals surface area (Å²) in [7, 11) is 0. The quantitative estimate of drug-likeness (QED) is 0.300. The maximum Gasteiger partial charge on any atom is 0.0585 e. The third-order valence-corrected chi connectivity index (χ3v) is 1.13. The largest absolute Gasteiger partial charge is 0.415 e. The minimum Gasteiger partial charge on any atom is -0.415 e. The molecule has 1 aromatic rings. The summed E-state index contributed by atoms with van der Waals surface area (Å²) < 4.78 is 0. The summed E-state index contributed by atoms with van der Waals surface area (Å²) in [5.41, 5.74) is 0.387. The summed E-state index contributed by atoms with van der Waals surface area (Å²) in [6.45, 7) is 0. The van der Waals surface area contributed by atoms with Crippen molar-refractivity contribution in [3.05, 3.63) is 35.9 Å². The fourth-order valence-corrected chi connectivity index (χ4v) is 0.648. The molecule has 0 amide bonds. The standard InChI is InChI=1S/C8H5O2.Mn/c9-6-8(10)7-4-2-1-3-5-7;/h1-5H;/q-1;. The van der Waals surface area contributed by atoms with Gasteiger partial charge < -0.3 is 9.59 Å². The van der Waals surface area contributed by atoms with E-state index >= 15 is 0 Å². The SMILES string of the molecule is O=[C-]C(=O)c1ccccc1.[Mn]. The molecule has 0 heterocycles. The molecule has 0 unspecified atom stereocenters. The van der Waals surface area contributed by atoms with Crippen LogP contribution < -0.4 is 0 Å². The maximum absolute atomic E-state index is 10.6. The molecule has 0 spiro atoms. The molecule has 1 rings (SSSR count). The van der Waals surface area contributed by atoms with E-state index in [-0.39, 0.29) is 17.1 Å². The molecule has 11 heavy (non-hydrogen) atoms. The second-order valence-electron chi connectivity index (χ2n) is 1.80. The van der Waals surface area contributed by atoms with Gasteiger partial charge in [0.15, 0.2) is 0 Å². The van der Waals surface area contributed by atoms with Crippen LogP contribution in [0.5, 0.6) is 0 Å². The Balaban J connectivity index is 0.000001000. The molecule has 0 aliphatic heterocycles. The molecule has 0 atom stereocenters. The third kappa shape index (κ3) is 2.66. The molecule has 1 radical (unpaired) electrons. The summed E-state index contributed by atoms with van der Waals surface area (Å²) >= 11 is 0. The molecule has 0 saturated carbocycles. The summed E-state index contributed by atoms with van der Waals surface area (Å²) in [5, 5.41) is 0. The first kappa shape index (κ1) is 10.1. The average Bonchev–Trinajstić information content (AvgIpc) is 2.05. The molecule has 0 aromatic heterocycles. The molecule has 2 nitrogen and oxygen atoms in total. The fraction of sp³-hybridized carbons (Fsp3) is 0. The van der Waals surface area contributed by atoms with Crippen molar-refractivity contribution in [3.63, 3.8) is 0 Å². The number of rotatable bonds is 2. The van der Waals surface area contributed by atoms with E-state index in [1.54, 1.807) is 30.3 Å². The zero-order chi connectivity index (χ0) is 7.40. The Hall–Kier alpha value is -0.921. The van der Waals surface area contributed by atoms with Crippen LogP contribution in [0.25, 0.3) is 0 Å². The number of carbonyl (C=O) groups is 1. The molecule has 57 valence electrons. The van der Waals surface area contributed by atoms with Gasteiger partial charge in [0.25, 0.3) is 0 Å². The van der Waals surface area contributed by atoms with E-state index in [2.05, 4.69) is 0 Å². The molecule has 0 fully saturated rings. The Morgan fingerprint density at radius 1 is 1.18 bits per heavy atom. The van der Waals surface area contributed by atoms with E-state index < -0.39 is 5.78 Å². The van der Waals surface area contributed by atoms with Gasteiger partial charge in [0, 0.05) is 23.4 Å². The Labute approximate surface area is 75.1 Å². The number of benzene rings is 1. The Kier molecular flexibility index (Phi) is 4.42. The van der Waals surface area contributed by atoms with Gasteiger partial charge in [-0.05, 0) is 0 Å². The van der Waals surface area contributed by atoms with Crippen LogP contribution in [0, 0.1) is 0 Å². The molecule has 1 aromatic carbocycles. The maximum atomic E-state index is 10.6. The second-order valence-corrected chi connectivity index (χ2v) is 1.80. The van der Waals surface area contributed by atoms with Crippen LogP contribution >= 0.6 is 0 Å². The van der Waals surface area contributed by atoms with Crippen LogP contribution in [0.3, 0.4) is 0 Å². The van der Waals surface area contributed by atoms with E-state index in [9.17, 15) is 9.59 Å². The Bertz CT molecular complexity index is 244. The zero-order valence-corrected chi connectivity index (χ0v) is 6.76. The van der Waals surface area contributed by atoms with E-state index in [1.165, 1.54) is 6.29 Å². The van der Waals surface area contributed by atoms with Gasteiger partial charge in [0.2, 0.25) is 0 Å². The predicted octanol–water partition coefficient (Wildman–Crippen LogP) is 0.976. The van der Waals surface area contributed by atoms with Gasteiger partial charge in [0.1, 0.15) is 0 Å². The third-order valence-electron chi connectivity index (χ3n) is 1.13. The van der Waals surface area contributed by atoms with Crippen molar-refractivity contribution in [2.24, 2.45) is 0 Å². The van der Waals surface area contributed by atoms with Crippen LogP contribution in [0.2, 0.25) is 0 Å². The number of carbonyl (C=O) groups excluding carboxylic acids is 2. The first-order chi connectivity index (χ1) is 4.84. The van der Waals surface area contributed by atoms with Crippen LogP contribution in [0.15, 0.2) is 30.3 Å². The Morgan fingerprint density at radius 3 is 2.18 bits per heavy atom. The zero-order valence-electron chi connectivity index (χ0n) is 5.58. The minimum atomic E-state index is -0.597. The summed E-state index contributed by atoms with van der Waals surface area (Å²) in [6.07, 6.45) is 1.29. The molecule has 0 bridgehead atoms. The minimum absolute atomic E-state index is 0. The van der Waals surface area contributed by atoms with Gasteiger partial charge in [-0.2, -0.15) is 0 Å². The normalized spacial score (nSPS) is 8.00. The van der Waals surface area contributed by atoms with E-state index in [4.69, 9.17) is 0 Å². The van der Waals surface area contributed by atoms with Gasteiger partial charge in [-0.3, -0.25) is 0 Å². The molecule has 0 N–H and O–H groups in total. The molecular weight excluding hydrogens is 183 g/mol. The molecule has 0 saturated heterocycles. The average molecular weight is 188 g/mol. The van der Waals surface area contributed by atoms with E-state index in [0.717, 1.165) is 0 Å². The van der Waals surface area contributed by atoms with Crippen molar-refractivity contribution in [1.82, 2.24) is 0 Å². The summed E-state index contributed by atoms with van der Waals surface area (Å²) in [4.78, 5) is 20.4. The van der Waals surface area contributed by atoms with Gasteiger partial charge in [-0.15, -0.1) is 17.7 Å². The van der Waals surface area contributed by atoms with Gasteiger partial charge in [0.05, 0.1) is 5.78 Å². The van der Waals surface area contributed by atoms with Crippen molar-refractivity contribution >= 4 is 12.1 Å². The Morgan fingerprint density at radius 2 is 1.73 bits per heavy atom. The van der Waals surface area contributed by atoms with Crippen LogP contribution in [-0.2, 0) is 21.9 Å². The molecule has 0 aliphatic carbocycles. The van der Waals surface area contributed by atoms with E-state index in [0.29, 0.717) is 5.56 Å². The van der Waals surface area contributed by atoms with Crippen molar-refractivity contribution in [2.45, 2.75) is 0 Å². The van der Waals surface area contributed by atoms with Crippen LogP contribution in [0.4, 0.5) is 0 Å². The van der Waals surface area contributed by atoms with Crippen LogP contribution in [0.1, 0.15) is 10.4 Å². The van der Waals surface area contributed by atoms with Gasteiger partial charge in [-0.25, -0.2) is 0 Å². The molecule has 3 heteroatoms. The monoisotopic (exact) mass is 188 g/mol. The number of Topliss-reactive ketones (excluding diaryl/α,β-unsaturated/α-hetero) is 1. The first-order valence-corrected chi connectivity index (χ1v) is 2.82. The predicted molar refractivity (Wildman–Crippen MR) is 36.5 cm³/mol.